The van der Waals surface area contributed by atoms with Gasteiger partial charge in [-0.15, -0.1) is 0 Å². The van der Waals surface area contributed by atoms with Crippen LogP contribution in [0.5, 0.6) is 0 Å². The van der Waals surface area contributed by atoms with Crippen molar-refractivity contribution in [3.63, 3.8) is 0 Å². The first kappa shape index (κ1) is 17.7. The Kier molecular flexibility index (Phi) is 4.71. The van der Waals surface area contributed by atoms with E-state index in [2.05, 4.69) is 0 Å². The molecule has 2 aromatic rings. The van der Waals surface area contributed by atoms with E-state index in [1.54, 1.807) is 18.2 Å². The van der Waals surface area contributed by atoms with Gasteiger partial charge in [-0.2, -0.15) is 13.2 Å². The monoisotopic (exact) mass is 379 g/mol. The van der Waals surface area contributed by atoms with Crippen LogP contribution in [0, 0.1) is 6.92 Å². The zero-order valence-electron chi connectivity index (χ0n) is 13.0. The van der Waals surface area contributed by atoms with Crippen LogP contribution >= 0.6 is 24.0 Å². The molecule has 0 radical (unpaired) electrons. The summed E-state index contributed by atoms with van der Waals surface area (Å²) < 4.78 is 39.7. The predicted molar refractivity (Wildman–Crippen MR) is 98.3 cm³/mol. The minimum atomic E-state index is -4.49. The highest BCUT2D eigenvalue weighted by atomic mass is 32.2. The molecule has 1 heterocycles. The van der Waals surface area contributed by atoms with Gasteiger partial charge in [-0.1, -0.05) is 54.3 Å². The fraction of sp³-hybridized carbons (Fsp3) is 0.111. The first-order chi connectivity index (χ1) is 11.8. The van der Waals surface area contributed by atoms with Gasteiger partial charge in [0, 0.05) is 0 Å². The molecule has 0 aromatic heterocycles. The molecule has 1 aliphatic rings. The van der Waals surface area contributed by atoms with E-state index in [1.165, 1.54) is 29.2 Å². The van der Waals surface area contributed by atoms with Crippen LogP contribution in [-0.4, -0.2) is 10.2 Å². The Bertz CT molecular complexity index is 890. The highest BCUT2D eigenvalue weighted by molar-refractivity contribution is 8.27. The third-order valence-corrected chi connectivity index (χ3v) is 4.91. The summed E-state index contributed by atoms with van der Waals surface area (Å²) in [4.78, 5) is 14.2. The van der Waals surface area contributed by atoms with Crippen molar-refractivity contribution in [3.8, 4) is 0 Å². The van der Waals surface area contributed by atoms with Gasteiger partial charge in [0.1, 0.15) is 0 Å². The van der Waals surface area contributed by atoms with Crippen molar-refractivity contribution >= 4 is 46.0 Å². The summed E-state index contributed by atoms with van der Waals surface area (Å²) in [5.41, 5.74) is 0.725. The van der Waals surface area contributed by atoms with Crippen molar-refractivity contribution < 1.29 is 18.0 Å². The number of halogens is 3. The Labute approximate surface area is 152 Å². The number of rotatable bonds is 2. The predicted octanol–water partition coefficient (Wildman–Crippen LogP) is 5.42. The molecule has 1 aliphatic heterocycles. The van der Waals surface area contributed by atoms with Gasteiger partial charge < -0.3 is 0 Å². The molecular weight excluding hydrogens is 367 g/mol. The van der Waals surface area contributed by atoms with Gasteiger partial charge in [-0.25, -0.2) is 0 Å². The summed E-state index contributed by atoms with van der Waals surface area (Å²) in [5, 5.41) is 0. The maximum atomic E-state index is 13.1. The van der Waals surface area contributed by atoms with Gasteiger partial charge in [0.15, 0.2) is 4.32 Å². The van der Waals surface area contributed by atoms with Crippen LogP contribution in [0.1, 0.15) is 16.7 Å². The number of amides is 1. The number of thiocarbonyl (C=S) groups is 1. The fourth-order valence-electron chi connectivity index (χ4n) is 2.48. The van der Waals surface area contributed by atoms with Crippen LogP contribution < -0.4 is 4.90 Å². The number of thioether (sulfide) groups is 1. The normalized spacial score (nSPS) is 16.8. The molecule has 1 amide bonds. The van der Waals surface area contributed by atoms with Crippen molar-refractivity contribution in [2.24, 2.45) is 0 Å². The smallest absolute Gasteiger partial charge is 0.268 e. The summed E-state index contributed by atoms with van der Waals surface area (Å²) in [6.07, 6.45) is -3.24. The summed E-state index contributed by atoms with van der Waals surface area (Å²) >= 11 is 6.25. The van der Waals surface area contributed by atoms with Crippen molar-refractivity contribution in [1.82, 2.24) is 0 Å². The number of carbonyl (C=O) groups is 1. The van der Waals surface area contributed by atoms with Crippen LogP contribution in [0.2, 0.25) is 0 Å². The van der Waals surface area contributed by atoms with Crippen LogP contribution in [0.3, 0.4) is 0 Å². The number of carbonyl (C=O) groups excluding carboxylic acids is 1. The van der Waals surface area contributed by atoms with E-state index >= 15 is 0 Å². The number of aryl methyl sites for hydroxylation is 1. The van der Waals surface area contributed by atoms with Gasteiger partial charge in [0.05, 0.1) is 16.2 Å². The standard InChI is InChI=1S/C18H12F3NOS2/c1-11-5-4-7-13(9-11)22-16(23)15(25-17(22)24)10-12-6-2-3-8-14(12)18(19,20)21/h2-10H,1H3. The average Bonchev–Trinajstić information content (AvgIpc) is 2.81. The minimum absolute atomic E-state index is 0.0558. The lowest BCUT2D eigenvalue weighted by molar-refractivity contribution is -0.137. The third kappa shape index (κ3) is 3.62. The quantitative estimate of drug-likeness (QED) is 0.513. The number of alkyl halides is 3. The molecule has 25 heavy (non-hydrogen) atoms. The molecule has 2 nitrogen and oxygen atoms in total. The SMILES string of the molecule is Cc1cccc(N2C(=O)C(=Cc3ccccc3C(F)(F)F)SC2=S)c1. The molecule has 0 aliphatic carbocycles. The van der Waals surface area contributed by atoms with Crippen molar-refractivity contribution in [1.29, 1.82) is 0 Å². The molecule has 3 rings (SSSR count). The molecule has 2 aromatic carbocycles. The lowest BCUT2D eigenvalue weighted by Crippen LogP contribution is -2.27. The largest absolute Gasteiger partial charge is 0.416 e. The number of nitrogens with zero attached hydrogens (tertiary/aromatic N) is 1. The second-order valence-electron chi connectivity index (χ2n) is 5.44. The zero-order valence-corrected chi connectivity index (χ0v) is 14.6. The number of hydrogen-bond donors (Lipinski definition) is 0. The molecule has 1 saturated heterocycles. The second-order valence-corrected chi connectivity index (χ2v) is 7.12. The number of hydrogen-bond acceptors (Lipinski definition) is 3. The molecule has 1 fully saturated rings. The van der Waals surface area contributed by atoms with Gasteiger partial charge in [-0.3, -0.25) is 9.69 Å². The molecule has 0 saturated carbocycles. The topological polar surface area (TPSA) is 20.3 Å². The molecule has 0 N–H and O–H groups in total. The maximum absolute atomic E-state index is 13.1. The highest BCUT2D eigenvalue weighted by Crippen LogP contribution is 2.38. The number of anilines is 1. The molecule has 128 valence electrons. The van der Waals surface area contributed by atoms with Crippen LogP contribution in [0.15, 0.2) is 53.4 Å². The molecule has 0 unspecified atom stereocenters. The molecule has 7 heteroatoms. The van der Waals surface area contributed by atoms with Gasteiger partial charge in [0.25, 0.3) is 5.91 Å². The van der Waals surface area contributed by atoms with E-state index in [-0.39, 0.29) is 10.5 Å². The van der Waals surface area contributed by atoms with E-state index < -0.39 is 17.6 Å². The second kappa shape index (κ2) is 6.65. The van der Waals surface area contributed by atoms with Gasteiger partial charge in [-0.05, 0) is 42.3 Å². The Morgan fingerprint density at radius 2 is 1.84 bits per heavy atom. The van der Waals surface area contributed by atoms with Crippen LogP contribution in [0.25, 0.3) is 6.08 Å². The van der Waals surface area contributed by atoms with E-state index in [1.807, 2.05) is 13.0 Å². The fourth-order valence-corrected chi connectivity index (χ4v) is 3.77. The zero-order chi connectivity index (χ0) is 18.2. The van der Waals surface area contributed by atoms with Crippen LogP contribution in [-0.2, 0) is 11.0 Å². The lowest BCUT2D eigenvalue weighted by Gasteiger charge is -2.15. The number of benzene rings is 2. The highest BCUT2D eigenvalue weighted by Gasteiger charge is 2.36. The Balaban J connectivity index is 2.00. The first-order valence-corrected chi connectivity index (χ1v) is 8.51. The van der Waals surface area contributed by atoms with Gasteiger partial charge >= 0.3 is 6.18 Å². The maximum Gasteiger partial charge on any atom is 0.416 e. The average molecular weight is 379 g/mol. The molecular formula is C18H12F3NOS2. The van der Waals surface area contributed by atoms with Gasteiger partial charge in [0.2, 0.25) is 0 Å². The molecule has 0 atom stereocenters. The van der Waals surface area contributed by atoms with Crippen molar-refractivity contribution in [3.05, 3.63) is 70.1 Å². The summed E-state index contributed by atoms with van der Waals surface area (Å²) in [7, 11) is 0. The summed E-state index contributed by atoms with van der Waals surface area (Å²) in [5.74, 6) is -0.419. The lowest BCUT2D eigenvalue weighted by atomic mass is 10.1. The van der Waals surface area contributed by atoms with Crippen molar-refractivity contribution in [2.45, 2.75) is 13.1 Å². The van der Waals surface area contributed by atoms with E-state index in [0.717, 1.165) is 23.4 Å². The minimum Gasteiger partial charge on any atom is -0.268 e. The van der Waals surface area contributed by atoms with Crippen molar-refractivity contribution in [2.75, 3.05) is 4.90 Å². The third-order valence-electron chi connectivity index (χ3n) is 3.61. The molecule has 0 bridgehead atoms. The molecule has 0 spiro atoms. The first-order valence-electron chi connectivity index (χ1n) is 7.28. The Morgan fingerprint density at radius 1 is 1.12 bits per heavy atom. The summed E-state index contributed by atoms with van der Waals surface area (Å²) in [6.45, 7) is 1.89. The van der Waals surface area contributed by atoms with Crippen LogP contribution in [0.4, 0.5) is 18.9 Å². The van der Waals surface area contributed by atoms with E-state index in [4.69, 9.17) is 12.2 Å². The summed E-state index contributed by atoms with van der Waals surface area (Å²) in [6, 6.07) is 12.4. The van der Waals surface area contributed by atoms with E-state index in [0.29, 0.717) is 10.0 Å². The Hall–Kier alpha value is -2.12. The van der Waals surface area contributed by atoms with E-state index in [9.17, 15) is 18.0 Å². The Morgan fingerprint density at radius 3 is 2.52 bits per heavy atom.